The highest BCUT2D eigenvalue weighted by atomic mass is 35.5. The highest BCUT2D eigenvalue weighted by Crippen LogP contribution is 2.13. The fourth-order valence-corrected chi connectivity index (χ4v) is 0.905. The Morgan fingerprint density at radius 1 is 1.45 bits per heavy atom. The van der Waals surface area contributed by atoms with Crippen LogP contribution in [0.5, 0.6) is 0 Å². The van der Waals surface area contributed by atoms with Gasteiger partial charge in [-0.15, -0.1) is 36.2 Å². The van der Waals surface area contributed by atoms with Crippen LogP contribution in [0.3, 0.4) is 0 Å². The minimum absolute atomic E-state index is 0. The summed E-state index contributed by atoms with van der Waals surface area (Å²) in [5.74, 6) is 0.0463. The highest BCUT2D eigenvalue weighted by molar-refractivity contribution is 7.13. The van der Waals surface area contributed by atoms with E-state index in [0.29, 0.717) is 5.13 Å². The van der Waals surface area contributed by atoms with Gasteiger partial charge in [0, 0.05) is 11.6 Å². The van der Waals surface area contributed by atoms with Gasteiger partial charge in [0.15, 0.2) is 5.96 Å². The molecule has 1 aromatic heterocycles. The molecular formula is C4H8Cl2N4S. The van der Waals surface area contributed by atoms with Crippen LogP contribution in [0, 0.1) is 0 Å². The van der Waals surface area contributed by atoms with Gasteiger partial charge in [-0.3, -0.25) is 0 Å². The fourth-order valence-electron chi connectivity index (χ4n) is 0.382. The Balaban J connectivity index is 0. The maximum atomic E-state index is 5.08. The summed E-state index contributed by atoms with van der Waals surface area (Å²) in [6, 6.07) is 0. The molecule has 0 atom stereocenters. The lowest BCUT2D eigenvalue weighted by Gasteiger charge is -1.84. The van der Waals surface area contributed by atoms with Gasteiger partial charge in [-0.05, 0) is 0 Å². The number of guanidine groups is 1. The van der Waals surface area contributed by atoms with Crippen LogP contribution in [-0.2, 0) is 0 Å². The maximum Gasteiger partial charge on any atom is 0.212 e. The Labute approximate surface area is 80.5 Å². The van der Waals surface area contributed by atoms with Crippen LogP contribution in [0.4, 0.5) is 5.13 Å². The monoisotopic (exact) mass is 214 g/mol. The molecule has 0 aliphatic rings. The van der Waals surface area contributed by atoms with Crippen LogP contribution in [0.1, 0.15) is 0 Å². The molecule has 64 valence electrons. The number of halogens is 2. The largest absolute Gasteiger partial charge is 0.370 e. The highest BCUT2D eigenvalue weighted by Gasteiger charge is 1.88. The van der Waals surface area contributed by atoms with Gasteiger partial charge in [-0.25, -0.2) is 4.98 Å². The van der Waals surface area contributed by atoms with Crippen LogP contribution in [0.15, 0.2) is 16.6 Å². The molecular weight excluding hydrogens is 207 g/mol. The van der Waals surface area contributed by atoms with Gasteiger partial charge in [0.1, 0.15) is 0 Å². The maximum absolute atomic E-state index is 5.08. The van der Waals surface area contributed by atoms with Crippen molar-refractivity contribution in [2.75, 3.05) is 0 Å². The van der Waals surface area contributed by atoms with Crippen molar-refractivity contribution in [1.82, 2.24) is 4.98 Å². The van der Waals surface area contributed by atoms with E-state index in [1.54, 1.807) is 6.20 Å². The first kappa shape index (κ1) is 13.1. The van der Waals surface area contributed by atoms with Crippen molar-refractivity contribution in [2.24, 2.45) is 16.5 Å². The number of thiazole rings is 1. The standard InChI is InChI=1S/C4H6N4S.2ClH/c5-3(6)8-4-7-1-2-9-4;;/h1-2H,(H4,5,6,7,8);2*1H. The average Bonchev–Trinajstić information content (AvgIpc) is 2.15. The zero-order valence-electron chi connectivity index (χ0n) is 5.43. The number of rotatable bonds is 1. The Hall–Kier alpha value is -0.520. The lowest BCUT2D eigenvalue weighted by atomic mass is 11.0. The summed E-state index contributed by atoms with van der Waals surface area (Å²) in [4.78, 5) is 7.53. The molecule has 1 heterocycles. The Bertz CT molecular complexity index is 206. The predicted molar refractivity (Wildman–Crippen MR) is 52.1 cm³/mol. The summed E-state index contributed by atoms with van der Waals surface area (Å²) in [6.07, 6.45) is 1.65. The van der Waals surface area contributed by atoms with Gasteiger partial charge in [0.05, 0.1) is 0 Å². The summed E-state index contributed by atoms with van der Waals surface area (Å²) in [5, 5.41) is 2.40. The number of aliphatic imine (C=N–C) groups is 1. The number of hydrogen-bond acceptors (Lipinski definition) is 3. The molecule has 0 aliphatic heterocycles. The first-order valence-corrected chi connectivity index (χ1v) is 3.16. The molecule has 1 rings (SSSR count). The first-order chi connectivity index (χ1) is 4.29. The molecule has 0 bridgehead atoms. The second kappa shape index (κ2) is 6.21. The second-order valence-electron chi connectivity index (χ2n) is 1.35. The zero-order valence-corrected chi connectivity index (χ0v) is 7.88. The van der Waals surface area contributed by atoms with E-state index >= 15 is 0 Å². The molecule has 0 aromatic carbocycles. The van der Waals surface area contributed by atoms with Gasteiger partial charge < -0.3 is 11.5 Å². The smallest absolute Gasteiger partial charge is 0.212 e. The zero-order chi connectivity index (χ0) is 6.69. The summed E-state index contributed by atoms with van der Waals surface area (Å²) >= 11 is 1.39. The van der Waals surface area contributed by atoms with E-state index in [4.69, 9.17) is 11.5 Å². The Kier molecular flexibility index (Phi) is 7.39. The van der Waals surface area contributed by atoms with Crippen molar-refractivity contribution in [3.63, 3.8) is 0 Å². The molecule has 1 aromatic rings. The molecule has 4 N–H and O–H groups in total. The Morgan fingerprint density at radius 3 is 2.45 bits per heavy atom. The molecule has 4 nitrogen and oxygen atoms in total. The van der Waals surface area contributed by atoms with E-state index in [-0.39, 0.29) is 30.8 Å². The third-order valence-corrected chi connectivity index (χ3v) is 1.31. The van der Waals surface area contributed by atoms with Gasteiger partial charge in [-0.1, -0.05) is 0 Å². The fraction of sp³-hybridized carbons (Fsp3) is 0. The van der Waals surface area contributed by atoms with Crippen molar-refractivity contribution < 1.29 is 0 Å². The quantitative estimate of drug-likeness (QED) is 0.539. The third kappa shape index (κ3) is 4.83. The Morgan fingerprint density at radius 2 is 2.09 bits per heavy atom. The third-order valence-electron chi connectivity index (χ3n) is 0.644. The number of nitrogens with zero attached hydrogens (tertiary/aromatic N) is 2. The van der Waals surface area contributed by atoms with Crippen molar-refractivity contribution >= 4 is 47.2 Å². The van der Waals surface area contributed by atoms with E-state index in [9.17, 15) is 0 Å². The normalized spacial score (nSPS) is 7.27. The van der Waals surface area contributed by atoms with Crippen molar-refractivity contribution in [2.45, 2.75) is 0 Å². The molecule has 0 aliphatic carbocycles. The predicted octanol–water partition coefficient (Wildman–Crippen LogP) is 0.892. The molecule has 0 unspecified atom stereocenters. The summed E-state index contributed by atoms with van der Waals surface area (Å²) < 4.78 is 0. The van der Waals surface area contributed by atoms with Crippen LogP contribution in [0.2, 0.25) is 0 Å². The SMILES string of the molecule is Cl.Cl.NC(N)=Nc1nccs1. The minimum Gasteiger partial charge on any atom is -0.370 e. The van der Waals surface area contributed by atoms with Crippen LogP contribution in [-0.4, -0.2) is 10.9 Å². The lowest BCUT2D eigenvalue weighted by molar-refractivity contribution is 1.33. The second-order valence-corrected chi connectivity index (χ2v) is 2.22. The van der Waals surface area contributed by atoms with Gasteiger partial charge >= 0.3 is 0 Å². The van der Waals surface area contributed by atoms with Gasteiger partial charge in [0.25, 0.3) is 0 Å². The lowest BCUT2D eigenvalue weighted by Crippen LogP contribution is -2.21. The summed E-state index contributed by atoms with van der Waals surface area (Å²) in [7, 11) is 0. The minimum atomic E-state index is 0. The van der Waals surface area contributed by atoms with E-state index in [2.05, 4.69) is 9.98 Å². The van der Waals surface area contributed by atoms with Gasteiger partial charge in [-0.2, -0.15) is 4.99 Å². The molecule has 0 radical (unpaired) electrons. The van der Waals surface area contributed by atoms with Crippen LogP contribution < -0.4 is 11.5 Å². The van der Waals surface area contributed by atoms with E-state index in [1.807, 2.05) is 5.38 Å². The molecule has 0 spiro atoms. The van der Waals surface area contributed by atoms with E-state index in [0.717, 1.165) is 0 Å². The van der Waals surface area contributed by atoms with Crippen molar-refractivity contribution in [1.29, 1.82) is 0 Å². The number of aromatic nitrogens is 1. The average molecular weight is 215 g/mol. The van der Waals surface area contributed by atoms with Gasteiger partial charge in [0.2, 0.25) is 5.13 Å². The first-order valence-electron chi connectivity index (χ1n) is 2.28. The topological polar surface area (TPSA) is 77.3 Å². The van der Waals surface area contributed by atoms with Crippen LogP contribution >= 0.6 is 36.2 Å². The molecule has 0 amide bonds. The van der Waals surface area contributed by atoms with E-state index in [1.165, 1.54) is 11.3 Å². The van der Waals surface area contributed by atoms with Crippen molar-refractivity contribution in [3.05, 3.63) is 11.6 Å². The number of nitrogens with two attached hydrogens (primary N) is 2. The number of hydrogen-bond donors (Lipinski definition) is 2. The molecule has 0 fully saturated rings. The van der Waals surface area contributed by atoms with Crippen LogP contribution in [0.25, 0.3) is 0 Å². The molecule has 7 heteroatoms. The molecule has 0 saturated carbocycles. The van der Waals surface area contributed by atoms with E-state index < -0.39 is 0 Å². The molecule has 11 heavy (non-hydrogen) atoms. The van der Waals surface area contributed by atoms with Crippen molar-refractivity contribution in [3.8, 4) is 0 Å². The molecule has 0 saturated heterocycles. The summed E-state index contributed by atoms with van der Waals surface area (Å²) in [6.45, 7) is 0. The summed E-state index contributed by atoms with van der Waals surface area (Å²) in [5.41, 5.74) is 10.2.